The van der Waals surface area contributed by atoms with Gasteiger partial charge in [-0.3, -0.25) is 14.8 Å². The second-order valence-electron chi connectivity index (χ2n) is 7.11. The first-order chi connectivity index (χ1) is 15.8. The summed E-state index contributed by atoms with van der Waals surface area (Å²) in [5.74, 6) is -1.50. The van der Waals surface area contributed by atoms with Gasteiger partial charge in [-0.1, -0.05) is 12.1 Å². The molecular formula is C24H17FN2O5S. The van der Waals surface area contributed by atoms with Crippen LogP contribution in [-0.2, 0) is 14.8 Å². The zero-order chi connectivity index (χ0) is 23.6. The van der Waals surface area contributed by atoms with E-state index >= 15 is 0 Å². The Kier molecular flexibility index (Phi) is 5.91. The second-order valence-corrected chi connectivity index (χ2v) is 8.92. The van der Waals surface area contributed by atoms with Crippen LogP contribution in [0.1, 0.15) is 21.5 Å². The van der Waals surface area contributed by atoms with E-state index in [1.54, 1.807) is 24.3 Å². The van der Waals surface area contributed by atoms with Gasteiger partial charge >= 0.3 is 0 Å². The molecule has 166 valence electrons. The molecule has 1 heterocycles. The van der Waals surface area contributed by atoms with Gasteiger partial charge in [-0.2, -0.15) is 0 Å². The van der Waals surface area contributed by atoms with Crippen LogP contribution in [0.5, 0.6) is 0 Å². The molecule has 0 saturated heterocycles. The second kappa shape index (κ2) is 8.81. The molecule has 0 aliphatic carbocycles. The number of aromatic nitrogens is 1. The highest BCUT2D eigenvalue weighted by Crippen LogP contribution is 2.25. The Morgan fingerprint density at radius 3 is 2.39 bits per heavy atom. The van der Waals surface area contributed by atoms with Gasteiger partial charge in [0.25, 0.3) is 15.9 Å². The average Bonchev–Trinajstić information content (AvgIpc) is 3.27. The quantitative estimate of drug-likeness (QED) is 0.196. The third-order valence-corrected chi connectivity index (χ3v) is 6.66. The molecule has 0 bridgehead atoms. The number of hydrogen-bond donors (Lipinski definition) is 2. The molecule has 0 radical (unpaired) electrons. The number of hydrogen-bond acceptors (Lipinski definition) is 5. The summed E-state index contributed by atoms with van der Waals surface area (Å²) in [5, 5.41) is 9.11. The van der Waals surface area contributed by atoms with Crippen molar-refractivity contribution in [2.45, 2.75) is 4.90 Å². The zero-order valence-electron chi connectivity index (χ0n) is 17.0. The van der Waals surface area contributed by atoms with Crippen LogP contribution in [0.4, 0.5) is 4.39 Å². The van der Waals surface area contributed by atoms with Gasteiger partial charge in [-0.05, 0) is 72.3 Å². The van der Waals surface area contributed by atoms with Crippen LogP contribution < -0.4 is 5.48 Å². The Morgan fingerprint density at radius 1 is 0.939 bits per heavy atom. The molecule has 1 aromatic heterocycles. The normalized spacial score (nSPS) is 11.7. The van der Waals surface area contributed by atoms with E-state index in [0.717, 1.165) is 10.0 Å². The molecular weight excluding hydrogens is 447 g/mol. The lowest BCUT2D eigenvalue weighted by molar-refractivity contribution is -0.124. The van der Waals surface area contributed by atoms with Crippen LogP contribution in [-0.4, -0.2) is 29.3 Å². The number of nitrogens with zero attached hydrogens (tertiary/aromatic N) is 1. The molecule has 1 amide bonds. The van der Waals surface area contributed by atoms with E-state index < -0.39 is 21.7 Å². The van der Waals surface area contributed by atoms with Crippen molar-refractivity contribution in [2.24, 2.45) is 0 Å². The van der Waals surface area contributed by atoms with Crippen LogP contribution in [0.15, 0.2) is 90.0 Å². The van der Waals surface area contributed by atoms with Gasteiger partial charge < -0.3 is 0 Å². The lowest BCUT2D eigenvalue weighted by atomic mass is 10.0. The number of halogens is 1. The number of rotatable bonds is 6. The van der Waals surface area contributed by atoms with Crippen LogP contribution >= 0.6 is 0 Å². The number of ketones is 1. The summed E-state index contributed by atoms with van der Waals surface area (Å²) in [5.41, 5.74) is 2.96. The molecule has 0 unspecified atom stereocenters. The van der Waals surface area contributed by atoms with Gasteiger partial charge in [0.2, 0.25) is 0 Å². The van der Waals surface area contributed by atoms with E-state index in [0.29, 0.717) is 27.6 Å². The lowest BCUT2D eigenvalue weighted by Crippen LogP contribution is -2.14. The molecule has 7 nitrogen and oxygen atoms in total. The minimum absolute atomic E-state index is 0.00183. The lowest BCUT2D eigenvalue weighted by Gasteiger charge is -2.09. The molecule has 33 heavy (non-hydrogen) atoms. The Hall–Kier alpha value is -4.08. The summed E-state index contributed by atoms with van der Waals surface area (Å²) in [6.45, 7) is 0. The van der Waals surface area contributed by atoms with Crippen molar-refractivity contribution in [3.63, 3.8) is 0 Å². The number of nitrogens with one attached hydrogen (secondary N) is 1. The fraction of sp³-hybridized carbons (Fsp3) is 0. The molecule has 4 aromatic rings. The molecule has 4 rings (SSSR count). The molecule has 0 spiro atoms. The van der Waals surface area contributed by atoms with E-state index in [-0.39, 0.29) is 10.7 Å². The first-order valence-electron chi connectivity index (χ1n) is 9.69. The van der Waals surface area contributed by atoms with E-state index in [9.17, 15) is 22.4 Å². The maximum Gasteiger partial charge on any atom is 0.268 e. The van der Waals surface area contributed by atoms with Crippen LogP contribution in [0.2, 0.25) is 0 Å². The summed E-state index contributed by atoms with van der Waals surface area (Å²) in [4.78, 5) is 23.9. The van der Waals surface area contributed by atoms with E-state index in [4.69, 9.17) is 5.21 Å². The minimum Gasteiger partial charge on any atom is -0.289 e. The van der Waals surface area contributed by atoms with Crippen LogP contribution in [0, 0.1) is 5.82 Å². The number of amides is 1. The van der Waals surface area contributed by atoms with Crippen molar-refractivity contribution in [3.8, 4) is 0 Å². The maximum absolute atomic E-state index is 13.2. The topological polar surface area (TPSA) is 105 Å². The number of carbonyl (C=O) groups excluding carboxylic acids is 2. The van der Waals surface area contributed by atoms with Crippen molar-refractivity contribution in [2.75, 3.05) is 0 Å². The standard InChI is InChI=1S/C24H17FN2O5S/c25-20-8-5-17(6-9-20)24(29)19-7-10-22-18(15-19)12-13-27(22)33(31,32)21-3-1-2-16(14-21)4-11-23(28)26-30/h1-15,30H,(H,26,28)/b11-4+. The highest BCUT2D eigenvalue weighted by molar-refractivity contribution is 7.90. The van der Waals surface area contributed by atoms with Crippen molar-refractivity contribution in [1.82, 2.24) is 9.45 Å². The van der Waals surface area contributed by atoms with Gasteiger partial charge in [0.1, 0.15) is 5.82 Å². The number of fused-ring (bicyclic) bond motifs is 1. The SMILES string of the molecule is O=C(/C=C/c1cccc(S(=O)(=O)n2ccc3cc(C(=O)c4ccc(F)cc4)ccc32)c1)NO. The monoisotopic (exact) mass is 464 g/mol. The summed E-state index contributed by atoms with van der Waals surface area (Å²) in [6, 6.07) is 17.4. The summed E-state index contributed by atoms with van der Waals surface area (Å²) in [6.07, 6.45) is 3.83. The van der Waals surface area contributed by atoms with Crippen molar-refractivity contribution in [1.29, 1.82) is 0 Å². The van der Waals surface area contributed by atoms with E-state index in [2.05, 4.69) is 0 Å². The zero-order valence-corrected chi connectivity index (χ0v) is 17.8. The Labute approximate surface area is 188 Å². The molecule has 2 N–H and O–H groups in total. The highest BCUT2D eigenvalue weighted by Gasteiger charge is 2.20. The van der Waals surface area contributed by atoms with Crippen LogP contribution in [0.3, 0.4) is 0 Å². The third-order valence-electron chi connectivity index (χ3n) is 4.98. The minimum atomic E-state index is -3.97. The molecule has 0 aliphatic rings. The van der Waals surface area contributed by atoms with Gasteiger partial charge in [0.15, 0.2) is 5.78 Å². The van der Waals surface area contributed by atoms with E-state index in [1.807, 2.05) is 0 Å². The first-order valence-corrected chi connectivity index (χ1v) is 11.1. The third kappa shape index (κ3) is 4.45. The molecule has 9 heteroatoms. The molecule has 0 fully saturated rings. The van der Waals surface area contributed by atoms with Gasteiger partial charge in [0.05, 0.1) is 10.4 Å². The summed E-state index contributed by atoms with van der Waals surface area (Å²) >= 11 is 0. The summed E-state index contributed by atoms with van der Waals surface area (Å²) < 4.78 is 40.7. The largest absolute Gasteiger partial charge is 0.289 e. The molecule has 3 aromatic carbocycles. The Morgan fingerprint density at radius 2 is 1.67 bits per heavy atom. The van der Waals surface area contributed by atoms with Crippen molar-refractivity contribution in [3.05, 3.63) is 108 Å². The predicted octanol–water partition coefficient (Wildman–Crippen LogP) is 3.77. The highest BCUT2D eigenvalue weighted by atomic mass is 32.2. The Balaban J connectivity index is 1.69. The maximum atomic E-state index is 13.2. The molecule has 0 saturated carbocycles. The number of carbonyl (C=O) groups is 2. The average molecular weight is 464 g/mol. The molecule has 0 atom stereocenters. The van der Waals surface area contributed by atoms with Crippen molar-refractivity contribution < 1.29 is 27.6 Å². The van der Waals surface area contributed by atoms with Crippen LogP contribution in [0.25, 0.3) is 17.0 Å². The Bertz CT molecular complexity index is 1510. The smallest absolute Gasteiger partial charge is 0.268 e. The van der Waals surface area contributed by atoms with Gasteiger partial charge in [-0.25, -0.2) is 22.3 Å². The van der Waals surface area contributed by atoms with Gasteiger partial charge in [-0.15, -0.1) is 0 Å². The molecule has 0 aliphatic heterocycles. The number of benzene rings is 3. The fourth-order valence-electron chi connectivity index (χ4n) is 3.34. The van der Waals surface area contributed by atoms with Crippen molar-refractivity contribution >= 4 is 38.7 Å². The van der Waals surface area contributed by atoms with Gasteiger partial charge in [0, 0.05) is 28.8 Å². The summed E-state index contributed by atoms with van der Waals surface area (Å²) in [7, 11) is -3.97. The van der Waals surface area contributed by atoms with E-state index in [1.165, 1.54) is 66.3 Å². The number of hydroxylamine groups is 1. The predicted molar refractivity (Wildman–Crippen MR) is 120 cm³/mol. The first kappa shape index (κ1) is 22.1. The fourth-order valence-corrected chi connectivity index (χ4v) is 4.75.